The molecule has 0 radical (unpaired) electrons. The molecule has 12 heteroatoms. The molecule has 198 valence electrons. The van der Waals surface area contributed by atoms with E-state index in [1.807, 2.05) is 86.8 Å². The van der Waals surface area contributed by atoms with Gasteiger partial charge in [-0.3, -0.25) is 9.11 Å². The van der Waals surface area contributed by atoms with E-state index in [0.29, 0.717) is 11.5 Å². The molecule has 11 nitrogen and oxygen atoms in total. The molecule has 2 aromatic rings. The van der Waals surface area contributed by atoms with Crippen molar-refractivity contribution in [3.8, 4) is 0 Å². The summed E-state index contributed by atoms with van der Waals surface area (Å²) in [5.41, 5.74) is 9.09. The average molecular weight is 523 g/mol. The molecule has 0 aromatic heterocycles. The van der Waals surface area contributed by atoms with Gasteiger partial charge in [-0.05, 0) is 23.3 Å². The van der Waals surface area contributed by atoms with Crippen LogP contribution >= 0.6 is 0 Å². The molecule has 2 unspecified atom stereocenters. The summed E-state index contributed by atoms with van der Waals surface area (Å²) in [5.74, 6) is 1.25. The third kappa shape index (κ3) is 11.7. The van der Waals surface area contributed by atoms with Crippen molar-refractivity contribution >= 4 is 10.4 Å². The first-order valence-electron chi connectivity index (χ1n) is 11.0. The summed E-state index contributed by atoms with van der Waals surface area (Å²) < 4.78 is 48.9. The van der Waals surface area contributed by atoms with Crippen molar-refractivity contribution in [1.29, 1.82) is 0 Å². The lowest BCUT2D eigenvalue weighted by Gasteiger charge is -2.23. The molecule has 2 atom stereocenters. The summed E-state index contributed by atoms with van der Waals surface area (Å²) in [6, 6.07) is 20.2. The van der Waals surface area contributed by atoms with Gasteiger partial charge in [-0.15, -0.1) is 0 Å². The number of benzene rings is 2. The summed E-state index contributed by atoms with van der Waals surface area (Å²) in [4.78, 5) is 0. The highest BCUT2D eigenvalue weighted by Crippen LogP contribution is 2.26. The van der Waals surface area contributed by atoms with Gasteiger partial charge in [0.05, 0.1) is 12.1 Å². The van der Waals surface area contributed by atoms with E-state index >= 15 is 0 Å². The van der Waals surface area contributed by atoms with Gasteiger partial charge < -0.3 is 14.2 Å². The van der Waals surface area contributed by atoms with Crippen molar-refractivity contribution in [2.75, 3.05) is 41.8 Å². The lowest BCUT2D eigenvalue weighted by atomic mass is 10.0. The zero-order chi connectivity index (χ0) is 26.6. The van der Waals surface area contributed by atoms with Crippen LogP contribution in [0.1, 0.15) is 23.2 Å². The van der Waals surface area contributed by atoms with Crippen LogP contribution in [-0.2, 0) is 24.6 Å². The summed E-state index contributed by atoms with van der Waals surface area (Å²) >= 11 is 0. The minimum atomic E-state index is -4.67. The number of rotatable bonds is 8. The molecule has 1 aliphatic heterocycles. The van der Waals surface area contributed by atoms with E-state index in [9.17, 15) is 0 Å². The Morgan fingerprint density at radius 3 is 1.39 bits per heavy atom. The van der Waals surface area contributed by atoms with Crippen LogP contribution < -0.4 is 10.9 Å². The Balaban J connectivity index is 0.000000830. The molecular formula is C24H34N4O7S. The van der Waals surface area contributed by atoms with E-state index in [1.165, 1.54) is 0 Å². The van der Waals surface area contributed by atoms with Crippen LogP contribution in [0.15, 0.2) is 84.3 Å². The van der Waals surface area contributed by atoms with Gasteiger partial charge in [0.25, 0.3) is 0 Å². The molecule has 1 fully saturated rings. The summed E-state index contributed by atoms with van der Waals surface area (Å²) in [6.45, 7) is 0.257. The number of nitrogens with zero attached hydrogens (tertiary/aromatic N) is 2. The van der Waals surface area contributed by atoms with E-state index < -0.39 is 10.4 Å². The molecule has 2 aromatic carbocycles. The van der Waals surface area contributed by atoms with Crippen molar-refractivity contribution < 1.29 is 31.7 Å². The van der Waals surface area contributed by atoms with Gasteiger partial charge in [0.2, 0.25) is 0 Å². The van der Waals surface area contributed by atoms with Crippen LogP contribution in [0.5, 0.6) is 0 Å². The van der Waals surface area contributed by atoms with Gasteiger partial charge in [-0.1, -0.05) is 60.7 Å². The van der Waals surface area contributed by atoms with Crippen LogP contribution in [0, 0.1) is 0 Å². The van der Waals surface area contributed by atoms with Crippen molar-refractivity contribution in [2.45, 2.75) is 12.1 Å². The number of nitrogens with one attached hydrogen (secondary N) is 2. The lowest BCUT2D eigenvalue weighted by Crippen LogP contribution is -2.34. The fraction of sp³-hybridized carbons (Fsp3) is 0.333. The van der Waals surface area contributed by atoms with Gasteiger partial charge in [-0.2, -0.15) is 8.42 Å². The molecule has 1 saturated heterocycles. The normalized spacial score (nSPS) is 18.1. The Morgan fingerprint density at radius 1 is 0.750 bits per heavy atom. The number of hydrazine groups is 2. The third-order valence-corrected chi connectivity index (χ3v) is 4.59. The van der Waals surface area contributed by atoms with E-state index in [2.05, 4.69) is 35.1 Å². The predicted molar refractivity (Wildman–Crippen MR) is 135 cm³/mol. The number of hydrogen-bond donors (Lipinski definition) is 4. The molecule has 0 bridgehead atoms. The summed E-state index contributed by atoms with van der Waals surface area (Å²) in [7, 11) is 3.19. The van der Waals surface area contributed by atoms with Crippen LogP contribution in [-0.4, -0.2) is 69.3 Å². The Hall–Kier alpha value is -2.81. The van der Waals surface area contributed by atoms with Crippen LogP contribution in [0.25, 0.3) is 0 Å². The second-order valence-corrected chi connectivity index (χ2v) is 8.96. The molecule has 4 N–H and O–H groups in total. The highest BCUT2D eigenvalue weighted by atomic mass is 32.3. The fourth-order valence-corrected chi connectivity index (χ4v) is 3.24. The van der Waals surface area contributed by atoms with Gasteiger partial charge in [0.1, 0.15) is 0 Å². The predicted octanol–water partition coefficient (Wildman–Crippen LogP) is 2.69. The average Bonchev–Trinajstić information content (AvgIpc) is 3.02. The Bertz CT molecular complexity index is 999. The van der Waals surface area contributed by atoms with Crippen molar-refractivity contribution in [2.24, 2.45) is 0 Å². The van der Waals surface area contributed by atoms with Gasteiger partial charge in [0, 0.05) is 28.2 Å². The fourth-order valence-electron chi connectivity index (χ4n) is 3.24. The Kier molecular flexibility index (Phi) is 12.0. The largest absolute Gasteiger partial charge is 0.464 e. The van der Waals surface area contributed by atoms with Gasteiger partial charge in [0.15, 0.2) is 25.1 Å². The second-order valence-electron chi connectivity index (χ2n) is 8.06. The second kappa shape index (κ2) is 14.7. The molecule has 3 rings (SSSR count). The topological polar surface area (TPSA) is 133 Å². The lowest BCUT2D eigenvalue weighted by molar-refractivity contribution is -0.0652. The van der Waals surface area contributed by atoms with E-state index in [1.54, 1.807) is 0 Å². The maximum absolute atomic E-state index is 8.74. The van der Waals surface area contributed by atoms with Crippen molar-refractivity contribution in [1.82, 2.24) is 20.9 Å². The highest BCUT2D eigenvalue weighted by Gasteiger charge is 2.20. The van der Waals surface area contributed by atoms with E-state index in [4.69, 9.17) is 31.7 Å². The standard InChI is InChI=1S/C24H32N4O3.H2O4S/c1-27(2)25-21(19-11-7-5-8-12-19)15-23-24(31-18-29-17-30-23)16-22(26-28(3)4)20-13-9-6-10-14-20;1-5(2,3)4/h5-16,21-22,25-26H,17-18H2,1-4H3;(H2,1,2,3,4). The van der Waals surface area contributed by atoms with E-state index in [0.717, 1.165) is 11.1 Å². The molecule has 36 heavy (non-hydrogen) atoms. The smallest absolute Gasteiger partial charge is 0.394 e. The molecule has 0 amide bonds. The molecular weight excluding hydrogens is 488 g/mol. The molecule has 0 aliphatic carbocycles. The van der Waals surface area contributed by atoms with Crippen molar-refractivity contribution in [3.63, 3.8) is 0 Å². The molecule has 0 spiro atoms. The maximum atomic E-state index is 8.74. The van der Waals surface area contributed by atoms with Gasteiger partial charge in [-0.25, -0.2) is 20.9 Å². The first-order valence-corrected chi connectivity index (χ1v) is 12.4. The number of ether oxygens (including phenoxy) is 3. The third-order valence-electron chi connectivity index (χ3n) is 4.59. The highest BCUT2D eigenvalue weighted by molar-refractivity contribution is 7.79. The minimum Gasteiger partial charge on any atom is -0.464 e. The minimum absolute atomic E-state index is 0.103. The zero-order valence-electron chi connectivity index (χ0n) is 20.7. The SMILES string of the molecule is CN(C)NC(C=C1OCOCOC1=CC(NN(C)C)c1ccccc1)c1ccccc1.O=S(=O)(O)O. The first-order chi connectivity index (χ1) is 17.0. The Morgan fingerprint density at radius 2 is 1.08 bits per heavy atom. The molecule has 1 heterocycles. The van der Waals surface area contributed by atoms with Crippen LogP contribution in [0.4, 0.5) is 0 Å². The summed E-state index contributed by atoms with van der Waals surface area (Å²) in [6.07, 6.45) is 4.04. The molecule has 1 aliphatic rings. The van der Waals surface area contributed by atoms with Crippen LogP contribution in [0.2, 0.25) is 0 Å². The number of hydrogen-bond acceptors (Lipinski definition) is 9. The van der Waals surface area contributed by atoms with Crippen molar-refractivity contribution in [3.05, 3.63) is 95.5 Å². The summed E-state index contributed by atoms with van der Waals surface area (Å²) in [5, 5.41) is 3.85. The van der Waals surface area contributed by atoms with E-state index in [-0.39, 0.29) is 25.7 Å². The quantitative estimate of drug-likeness (QED) is 0.301. The maximum Gasteiger partial charge on any atom is 0.394 e. The molecule has 0 saturated carbocycles. The first kappa shape index (κ1) is 29.4. The Labute approximate surface area is 212 Å². The monoisotopic (exact) mass is 522 g/mol. The zero-order valence-corrected chi connectivity index (χ0v) is 21.6. The van der Waals surface area contributed by atoms with Gasteiger partial charge >= 0.3 is 10.4 Å². The van der Waals surface area contributed by atoms with Crippen LogP contribution in [0.3, 0.4) is 0 Å².